The zero-order chi connectivity index (χ0) is 13.0. The van der Waals surface area contributed by atoms with Crippen molar-refractivity contribution in [3.63, 3.8) is 0 Å². The van der Waals surface area contributed by atoms with E-state index in [0.29, 0.717) is 5.76 Å². The van der Waals surface area contributed by atoms with Gasteiger partial charge in [0.25, 0.3) is 0 Å². The molecule has 0 aliphatic carbocycles. The first-order chi connectivity index (χ1) is 8.65. The average molecular weight is 282 g/mol. The van der Waals surface area contributed by atoms with E-state index in [1.165, 1.54) is 17.4 Å². The number of amides is 1. The summed E-state index contributed by atoms with van der Waals surface area (Å²) in [5.74, 6) is 0.486. The van der Waals surface area contributed by atoms with Gasteiger partial charge in [0.05, 0.1) is 16.6 Å². The number of thiophene rings is 1. The third-order valence-electron chi connectivity index (χ3n) is 2.32. The van der Waals surface area contributed by atoms with Gasteiger partial charge in [0, 0.05) is 11.0 Å². The van der Waals surface area contributed by atoms with E-state index in [2.05, 4.69) is 5.32 Å². The van der Waals surface area contributed by atoms with Crippen molar-refractivity contribution < 1.29 is 9.21 Å². The Morgan fingerprint density at radius 2 is 2.33 bits per heavy atom. The van der Waals surface area contributed by atoms with Crippen molar-refractivity contribution in [3.05, 3.63) is 51.6 Å². The number of carbonyl (C=O) groups excluding carboxylic acids is 1. The number of carbonyl (C=O) groups is 1. The Morgan fingerprint density at radius 3 is 2.94 bits per heavy atom. The van der Waals surface area contributed by atoms with Gasteiger partial charge in [-0.1, -0.05) is 11.6 Å². The van der Waals surface area contributed by atoms with E-state index in [0.717, 1.165) is 9.21 Å². The molecule has 5 heteroatoms. The molecule has 0 aliphatic heterocycles. The molecule has 0 aromatic carbocycles. The van der Waals surface area contributed by atoms with Crippen molar-refractivity contribution in [1.82, 2.24) is 5.32 Å². The Hall–Kier alpha value is -1.52. The van der Waals surface area contributed by atoms with Crippen LogP contribution in [0.3, 0.4) is 0 Å². The van der Waals surface area contributed by atoms with Gasteiger partial charge in [-0.3, -0.25) is 4.79 Å². The molecule has 2 aromatic rings. The minimum Gasteiger partial charge on any atom is -0.465 e. The van der Waals surface area contributed by atoms with Crippen molar-refractivity contribution in [3.8, 4) is 0 Å². The van der Waals surface area contributed by atoms with Crippen molar-refractivity contribution in [2.45, 2.75) is 13.0 Å². The van der Waals surface area contributed by atoms with Gasteiger partial charge >= 0.3 is 0 Å². The van der Waals surface area contributed by atoms with Crippen LogP contribution in [0.25, 0.3) is 6.08 Å². The predicted molar refractivity (Wildman–Crippen MR) is 73.6 cm³/mol. The summed E-state index contributed by atoms with van der Waals surface area (Å²) in [6.45, 7) is 1.92. The summed E-state index contributed by atoms with van der Waals surface area (Å²) in [7, 11) is 0. The molecule has 0 radical (unpaired) electrons. The lowest BCUT2D eigenvalue weighted by atomic mass is 10.2. The second kappa shape index (κ2) is 5.89. The van der Waals surface area contributed by atoms with Crippen LogP contribution in [0.5, 0.6) is 0 Å². The van der Waals surface area contributed by atoms with Crippen LogP contribution in [0.15, 0.2) is 41.0 Å². The topological polar surface area (TPSA) is 42.2 Å². The van der Waals surface area contributed by atoms with Crippen LogP contribution in [0, 0.1) is 0 Å². The monoisotopic (exact) mass is 281 g/mol. The molecule has 0 fully saturated rings. The second-order valence-corrected chi connectivity index (χ2v) is 5.47. The zero-order valence-corrected chi connectivity index (χ0v) is 11.3. The lowest BCUT2D eigenvalue weighted by molar-refractivity contribution is -0.117. The fraction of sp³-hybridized carbons (Fsp3) is 0.154. The summed E-state index contributed by atoms with van der Waals surface area (Å²) in [6, 6.07) is 7.23. The Bertz CT molecular complexity index is 545. The number of nitrogens with one attached hydrogen (secondary N) is 1. The molecule has 0 bridgehead atoms. The number of hydrogen-bond donors (Lipinski definition) is 1. The van der Waals surface area contributed by atoms with Crippen molar-refractivity contribution in [1.29, 1.82) is 0 Å². The van der Waals surface area contributed by atoms with Crippen LogP contribution in [0.4, 0.5) is 0 Å². The van der Waals surface area contributed by atoms with E-state index in [9.17, 15) is 4.79 Å². The Labute approximate surface area is 114 Å². The Morgan fingerprint density at radius 1 is 1.50 bits per heavy atom. The molecule has 1 N–H and O–H groups in total. The first-order valence-electron chi connectivity index (χ1n) is 5.42. The van der Waals surface area contributed by atoms with Gasteiger partial charge in [-0.25, -0.2) is 0 Å². The van der Waals surface area contributed by atoms with E-state index in [4.69, 9.17) is 16.0 Å². The number of rotatable bonds is 4. The van der Waals surface area contributed by atoms with Crippen LogP contribution >= 0.6 is 22.9 Å². The van der Waals surface area contributed by atoms with Gasteiger partial charge in [0.2, 0.25) is 5.91 Å². The second-order valence-electron chi connectivity index (χ2n) is 3.72. The fourth-order valence-electron chi connectivity index (χ4n) is 1.44. The molecular weight excluding hydrogens is 270 g/mol. The summed E-state index contributed by atoms with van der Waals surface area (Å²) in [6.07, 6.45) is 4.64. The first-order valence-corrected chi connectivity index (χ1v) is 6.62. The summed E-state index contributed by atoms with van der Waals surface area (Å²) < 4.78 is 5.81. The number of halogens is 1. The molecule has 18 heavy (non-hydrogen) atoms. The molecule has 0 saturated heterocycles. The van der Waals surface area contributed by atoms with Crippen LogP contribution < -0.4 is 5.32 Å². The molecule has 2 aromatic heterocycles. The van der Waals surface area contributed by atoms with Gasteiger partial charge in [0.15, 0.2) is 0 Å². The van der Waals surface area contributed by atoms with E-state index in [-0.39, 0.29) is 11.9 Å². The van der Waals surface area contributed by atoms with Crippen LogP contribution in [0.1, 0.15) is 23.6 Å². The molecule has 0 aliphatic rings. The smallest absolute Gasteiger partial charge is 0.244 e. The molecule has 2 heterocycles. The summed E-state index contributed by atoms with van der Waals surface area (Å²) in [5.41, 5.74) is 0. The van der Waals surface area contributed by atoms with Gasteiger partial charge in [-0.05, 0) is 37.3 Å². The summed E-state index contributed by atoms with van der Waals surface area (Å²) >= 11 is 7.31. The molecule has 3 nitrogen and oxygen atoms in total. The lowest BCUT2D eigenvalue weighted by Gasteiger charge is -2.09. The van der Waals surface area contributed by atoms with E-state index < -0.39 is 0 Å². The molecular formula is C13H12ClNO2S. The highest BCUT2D eigenvalue weighted by atomic mass is 35.5. The molecule has 2 rings (SSSR count). The van der Waals surface area contributed by atoms with Crippen LogP contribution in [-0.2, 0) is 4.79 Å². The molecule has 1 unspecified atom stereocenters. The maximum absolute atomic E-state index is 11.7. The predicted octanol–water partition coefficient (Wildman–Crippen LogP) is 3.89. The summed E-state index contributed by atoms with van der Waals surface area (Å²) in [4.78, 5) is 12.7. The van der Waals surface area contributed by atoms with Crippen molar-refractivity contribution in [2.75, 3.05) is 0 Å². The SMILES string of the molecule is CC(NC(=O)/C=C/c1ccco1)c1ccc(Cl)s1. The van der Waals surface area contributed by atoms with Gasteiger partial charge in [-0.2, -0.15) is 0 Å². The number of hydrogen-bond acceptors (Lipinski definition) is 3. The number of furan rings is 1. The van der Waals surface area contributed by atoms with E-state index in [1.807, 2.05) is 19.1 Å². The quantitative estimate of drug-likeness (QED) is 0.864. The third-order valence-corrected chi connectivity index (χ3v) is 3.74. The normalized spacial score (nSPS) is 12.8. The van der Waals surface area contributed by atoms with Gasteiger partial charge in [0.1, 0.15) is 5.76 Å². The Kier molecular flexibility index (Phi) is 4.23. The average Bonchev–Trinajstić information content (AvgIpc) is 2.97. The molecule has 1 amide bonds. The van der Waals surface area contributed by atoms with Crippen molar-refractivity contribution in [2.24, 2.45) is 0 Å². The minimum absolute atomic E-state index is 0.0590. The highest BCUT2D eigenvalue weighted by Gasteiger charge is 2.09. The minimum atomic E-state index is -0.163. The van der Waals surface area contributed by atoms with E-state index in [1.54, 1.807) is 24.5 Å². The molecule has 1 atom stereocenters. The fourth-order valence-corrected chi connectivity index (χ4v) is 2.50. The summed E-state index contributed by atoms with van der Waals surface area (Å²) in [5, 5.41) is 2.86. The molecule has 94 valence electrons. The lowest BCUT2D eigenvalue weighted by Crippen LogP contribution is -2.23. The Balaban J connectivity index is 1.91. The van der Waals surface area contributed by atoms with Crippen molar-refractivity contribution >= 4 is 34.9 Å². The molecule has 0 spiro atoms. The van der Waals surface area contributed by atoms with Crippen LogP contribution in [0.2, 0.25) is 4.34 Å². The standard InChI is InChI=1S/C13H12ClNO2S/c1-9(11-5-6-12(14)18-11)15-13(16)7-4-10-3-2-8-17-10/h2-9H,1H3,(H,15,16)/b7-4+. The van der Waals surface area contributed by atoms with Gasteiger partial charge < -0.3 is 9.73 Å². The highest BCUT2D eigenvalue weighted by molar-refractivity contribution is 7.16. The van der Waals surface area contributed by atoms with Gasteiger partial charge in [-0.15, -0.1) is 11.3 Å². The molecule has 0 saturated carbocycles. The highest BCUT2D eigenvalue weighted by Crippen LogP contribution is 2.26. The van der Waals surface area contributed by atoms with Crippen LogP contribution in [-0.4, -0.2) is 5.91 Å². The van der Waals surface area contributed by atoms with E-state index >= 15 is 0 Å². The first kappa shape index (κ1) is 12.9. The maximum Gasteiger partial charge on any atom is 0.244 e. The maximum atomic E-state index is 11.7. The largest absolute Gasteiger partial charge is 0.465 e. The zero-order valence-electron chi connectivity index (χ0n) is 9.72. The third kappa shape index (κ3) is 3.48.